The Morgan fingerprint density at radius 3 is 2.39 bits per heavy atom. The third-order valence-electron chi connectivity index (χ3n) is 13.1. The molecule has 210 valence electrons. The van der Waals surface area contributed by atoms with Crippen molar-refractivity contribution in [3.05, 3.63) is 35.9 Å². The average molecular weight is 523 g/mol. The lowest BCUT2D eigenvalue weighted by Crippen LogP contribution is -2.70. The minimum atomic E-state index is -1.98. The van der Waals surface area contributed by atoms with Crippen molar-refractivity contribution in [1.82, 2.24) is 0 Å². The van der Waals surface area contributed by atoms with Crippen molar-refractivity contribution in [3.63, 3.8) is 0 Å². The zero-order valence-electron chi connectivity index (χ0n) is 24.3. The van der Waals surface area contributed by atoms with Crippen LogP contribution >= 0.6 is 0 Å². The van der Waals surface area contributed by atoms with Crippen LogP contribution in [0.25, 0.3) is 0 Å². The summed E-state index contributed by atoms with van der Waals surface area (Å²) < 4.78 is 6.31. The lowest BCUT2D eigenvalue weighted by atomic mass is 9.43. The Balaban J connectivity index is 1.34. The van der Waals surface area contributed by atoms with Gasteiger partial charge in [0, 0.05) is 11.3 Å². The van der Waals surface area contributed by atoms with Crippen molar-refractivity contribution in [1.29, 1.82) is 0 Å². The summed E-state index contributed by atoms with van der Waals surface area (Å²) >= 11 is 0. The van der Waals surface area contributed by atoms with E-state index in [0.29, 0.717) is 35.2 Å². The van der Waals surface area contributed by atoms with Gasteiger partial charge in [0.05, 0.1) is 5.56 Å². The predicted molar refractivity (Wildman–Crippen MR) is 149 cm³/mol. The molecule has 2 unspecified atom stereocenters. The summed E-state index contributed by atoms with van der Waals surface area (Å²) in [4.78, 5) is 13.4. The number of ether oxygens (including phenoxy) is 1. The molecular weight excluding hydrogens is 472 g/mol. The summed E-state index contributed by atoms with van der Waals surface area (Å²) in [6, 6.07) is 9.11. The van der Waals surface area contributed by atoms with Crippen molar-refractivity contribution >= 4 is 5.97 Å². The van der Waals surface area contributed by atoms with Gasteiger partial charge in [-0.3, -0.25) is 0 Å². The van der Waals surface area contributed by atoms with Crippen LogP contribution in [0.2, 0.25) is 0 Å². The van der Waals surface area contributed by atoms with E-state index in [2.05, 4.69) is 34.6 Å². The molecule has 5 aliphatic rings. The van der Waals surface area contributed by atoms with Gasteiger partial charge in [0.2, 0.25) is 5.79 Å². The van der Waals surface area contributed by atoms with Gasteiger partial charge in [-0.1, -0.05) is 72.1 Å². The van der Waals surface area contributed by atoms with Crippen molar-refractivity contribution in [2.24, 2.45) is 57.7 Å². The number of hydrogen-bond acceptors (Lipinski definition) is 4. The zero-order valence-corrected chi connectivity index (χ0v) is 24.3. The Morgan fingerprint density at radius 2 is 1.71 bits per heavy atom. The van der Waals surface area contributed by atoms with Crippen LogP contribution in [0, 0.1) is 57.7 Å². The largest absolute Gasteiger partial charge is 0.453 e. The molecule has 10 atom stereocenters. The second kappa shape index (κ2) is 9.06. The molecule has 0 aromatic heterocycles. The van der Waals surface area contributed by atoms with E-state index in [0.717, 1.165) is 38.0 Å². The number of hydrogen-bond donors (Lipinski definition) is 2. The lowest BCUT2D eigenvalue weighted by molar-refractivity contribution is -0.346. The van der Waals surface area contributed by atoms with Gasteiger partial charge < -0.3 is 14.9 Å². The smallest absolute Gasteiger partial charge is 0.338 e. The van der Waals surface area contributed by atoms with Crippen LogP contribution < -0.4 is 0 Å². The summed E-state index contributed by atoms with van der Waals surface area (Å²) in [5.41, 5.74) is 0.0302. The number of esters is 1. The van der Waals surface area contributed by atoms with E-state index in [1.54, 1.807) is 12.1 Å². The van der Waals surface area contributed by atoms with Crippen molar-refractivity contribution in [2.75, 3.05) is 0 Å². The molecule has 4 heteroatoms. The Hall–Kier alpha value is -1.39. The van der Waals surface area contributed by atoms with Crippen LogP contribution in [0.4, 0.5) is 0 Å². The van der Waals surface area contributed by atoms with E-state index < -0.39 is 23.3 Å². The quantitative estimate of drug-likeness (QED) is 0.293. The fourth-order valence-corrected chi connectivity index (χ4v) is 11.3. The highest BCUT2D eigenvalue weighted by Gasteiger charge is 2.85. The van der Waals surface area contributed by atoms with Crippen LogP contribution in [0.15, 0.2) is 30.3 Å². The summed E-state index contributed by atoms with van der Waals surface area (Å²) in [7, 11) is 0. The maximum absolute atomic E-state index is 13.4. The first-order chi connectivity index (χ1) is 18.0. The molecule has 5 saturated carbocycles. The van der Waals surface area contributed by atoms with E-state index in [9.17, 15) is 15.0 Å². The molecule has 1 spiro atoms. The average Bonchev–Trinajstić information content (AvgIpc) is 3.43. The van der Waals surface area contributed by atoms with E-state index >= 15 is 0 Å². The number of aliphatic hydroxyl groups is 2. The summed E-state index contributed by atoms with van der Waals surface area (Å²) in [5, 5.41) is 24.3. The Bertz CT molecular complexity index is 1050. The van der Waals surface area contributed by atoms with Crippen LogP contribution in [0.1, 0.15) is 109 Å². The molecule has 0 aliphatic heterocycles. The van der Waals surface area contributed by atoms with Crippen LogP contribution in [0.3, 0.4) is 0 Å². The molecule has 2 N–H and O–H groups in total. The number of rotatable bonds is 7. The first kappa shape index (κ1) is 26.8. The normalized spacial score (nSPS) is 45.1. The lowest BCUT2D eigenvalue weighted by Gasteiger charge is -2.64. The predicted octanol–water partition coefficient (Wildman–Crippen LogP) is 7.23. The minimum Gasteiger partial charge on any atom is -0.453 e. The molecule has 1 aromatic rings. The van der Waals surface area contributed by atoms with E-state index in [1.165, 1.54) is 32.1 Å². The van der Waals surface area contributed by atoms with E-state index in [4.69, 9.17) is 4.74 Å². The van der Waals surface area contributed by atoms with Crippen LogP contribution in [-0.2, 0) is 4.74 Å². The molecule has 0 amide bonds. The zero-order chi connectivity index (χ0) is 27.1. The van der Waals surface area contributed by atoms with Gasteiger partial charge >= 0.3 is 5.97 Å². The van der Waals surface area contributed by atoms with Gasteiger partial charge in [0.15, 0.2) is 6.10 Å². The van der Waals surface area contributed by atoms with Crippen molar-refractivity contribution in [3.8, 4) is 0 Å². The topological polar surface area (TPSA) is 66.8 Å². The van der Waals surface area contributed by atoms with Gasteiger partial charge in [-0.05, 0) is 103 Å². The van der Waals surface area contributed by atoms with Gasteiger partial charge in [-0.15, -0.1) is 0 Å². The van der Waals surface area contributed by atoms with Gasteiger partial charge in [0.1, 0.15) is 0 Å². The van der Waals surface area contributed by atoms with Gasteiger partial charge in [-0.2, -0.15) is 0 Å². The fourth-order valence-electron chi connectivity index (χ4n) is 11.3. The molecule has 0 radical (unpaired) electrons. The summed E-state index contributed by atoms with van der Waals surface area (Å²) in [6.45, 7) is 11.9. The molecule has 0 heterocycles. The summed E-state index contributed by atoms with van der Waals surface area (Å²) in [6.07, 6.45) is 10.6. The molecular formula is C34H50O4. The molecule has 4 nitrogen and oxygen atoms in total. The van der Waals surface area contributed by atoms with Gasteiger partial charge in [-0.25, -0.2) is 4.79 Å². The molecule has 5 fully saturated rings. The number of carbonyl (C=O) groups excluding carboxylic acids is 1. The second-order valence-electron chi connectivity index (χ2n) is 15.1. The van der Waals surface area contributed by atoms with E-state index in [-0.39, 0.29) is 16.7 Å². The molecule has 5 aliphatic carbocycles. The standard InChI is InChI=1S/C34H50O4/c1-21(2)10-9-11-22(3)25-14-15-26-28-27(17-18-31(25,26)4)32(5)19-16-24-20-33(24,32)34(36,37)29(28)38-30(35)23-12-7-6-8-13-23/h6-8,12-13,21-22,24-29,36-37H,9-11,14-20H2,1-5H3/t22-,24-,25-,26+,27+,28+,29?,31-,32?,33-/m1/s1. The highest BCUT2D eigenvalue weighted by molar-refractivity contribution is 5.89. The fraction of sp³-hybridized carbons (Fsp3) is 0.794. The molecule has 0 saturated heterocycles. The Morgan fingerprint density at radius 1 is 0.974 bits per heavy atom. The first-order valence-corrected chi connectivity index (χ1v) is 15.7. The Labute approximate surface area is 229 Å². The SMILES string of the molecule is CC(C)CCC[C@@H](C)[C@H]1CC[C@H]2[C@@H]3C(OC(=O)c4ccccc4)C(O)(O)[C@]45C[C@H]4CCC5(C)[C@H]3CC[C@]12C. The van der Waals surface area contributed by atoms with Crippen LogP contribution in [0.5, 0.6) is 0 Å². The summed E-state index contributed by atoms with van der Waals surface area (Å²) in [5.74, 6) is 0.754. The third-order valence-corrected chi connectivity index (χ3v) is 13.1. The maximum Gasteiger partial charge on any atom is 0.338 e. The monoisotopic (exact) mass is 522 g/mol. The minimum absolute atomic E-state index is 0.000693. The third kappa shape index (κ3) is 3.57. The van der Waals surface area contributed by atoms with Gasteiger partial charge in [0.25, 0.3) is 0 Å². The number of benzene rings is 1. The van der Waals surface area contributed by atoms with Crippen LogP contribution in [-0.4, -0.2) is 28.1 Å². The van der Waals surface area contributed by atoms with Crippen molar-refractivity contribution in [2.45, 2.75) is 111 Å². The molecule has 6 rings (SSSR count). The second-order valence-corrected chi connectivity index (χ2v) is 15.1. The highest BCUT2D eigenvalue weighted by atomic mass is 16.6. The Kier molecular flexibility index (Phi) is 6.39. The maximum atomic E-state index is 13.4. The van der Waals surface area contributed by atoms with Crippen molar-refractivity contribution < 1.29 is 19.7 Å². The van der Waals surface area contributed by atoms with E-state index in [1.807, 2.05) is 18.2 Å². The first-order valence-electron chi connectivity index (χ1n) is 15.7. The molecule has 1 aromatic carbocycles. The highest BCUT2D eigenvalue weighted by Crippen LogP contribution is 2.84. The number of carbonyl (C=O) groups is 1. The number of fused-ring (bicyclic) bond motifs is 4. The molecule has 38 heavy (non-hydrogen) atoms. The molecule has 0 bridgehead atoms.